The number of carbonyl (C=O) groups is 2. The zero-order chi connectivity index (χ0) is 7.44. The van der Waals surface area contributed by atoms with E-state index in [9.17, 15) is 9.59 Å². The number of carboxylic acid groups (broad SMARTS) is 2. The molecule has 0 aliphatic carbocycles. The van der Waals surface area contributed by atoms with E-state index in [-0.39, 0.29) is 4.43 Å². The Hall–Kier alpha value is -0.330. The molecule has 0 aromatic rings. The highest BCUT2D eigenvalue weighted by Gasteiger charge is 2.23. The van der Waals surface area contributed by atoms with Crippen LogP contribution < -0.4 is 0 Å². The molecule has 52 valence electrons. The van der Waals surface area contributed by atoms with E-state index in [0.29, 0.717) is 0 Å². The molecule has 0 amide bonds. The van der Waals surface area contributed by atoms with Gasteiger partial charge in [0.05, 0.1) is 0 Å². The van der Waals surface area contributed by atoms with E-state index < -0.39 is 17.9 Å². The molecule has 5 heteroatoms. The maximum atomic E-state index is 9.99. The van der Waals surface area contributed by atoms with Gasteiger partial charge in [-0.15, -0.1) is 0 Å². The third kappa shape index (κ3) is 2.64. The fourth-order valence-corrected chi connectivity index (χ4v) is 0.991. The van der Waals surface area contributed by atoms with E-state index in [1.165, 1.54) is 0 Å². The second-order valence-electron chi connectivity index (χ2n) is 1.38. The average molecular weight is 244 g/mol. The van der Waals surface area contributed by atoms with Crippen molar-refractivity contribution in [3.05, 3.63) is 0 Å². The van der Waals surface area contributed by atoms with Gasteiger partial charge in [0.25, 0.3) is 0 Å². The summed E-state index contributed by atoms with van der Waals surface area (Å²) in [7, 11) is 0. The quantitative estimate of drug-likeness (QED) is 0.422. The minimum Gasteiger partial charge on any atom is -0.481 e. The van der Waals surface area contributed by atoms with Gasteiger partial charge in [0.1, 0.15) is 0 Å². The van der Waals surface area contributed by atoms with E-state index in [0.717, 1.165) is 0 Å². The zero-order valence-corrected chi connectivity index (χ0v) is 6.53. The Bertz CT molecular complexity index is 119. The molecule has 0 fully saturated rings. The van der Waals surface area contributed by atoms with Gasteiger partial charge in [-0.3, -0.25) is 9.59 Å². The summed E-state index contributed by atoms with van der Waals surface area (Å²) in [4.78, 5) is 20.0. The Morgan fingerprint density at radius 2 is 1.67 bits per heavy atom. The maximum absolute atomic E-state index is 9.99. The van der Waals surface area contributed by atoms with Gasteiger partial charge in [0.2, 0.25) is 0 Å². The van der Waals surface area contributed by atoms with E-state index in [1.807, 2.05) is 0 Å². The first-order valence-corrected chi connectivity index (χ1v) is 3.63. The lowest BCUT2D eigenvalue weighted by atomic mass is 10.2. The highest BCUT2D eigenvalue weighted by Crippen LogP contribution is 2.01. The van der Waals surface area contributed by atoms with Crippen LogP contribution in [-0.2, 0) is 9.59 Å². The van der Waals surface area contributed by atoms with Crippen molar-refractivity contribution in [3.8, 4) is 0 Å². The summed E-state index contributed by atoms with van der Waals surface area (Å²) in [5, 5.41) is 16.3. The fraction of sp³-hybridized carbons (Fsp3) is 0.500. The number of aliphatic carboxylic acids is 2. The molecule has 0 aromatic carbocycles. The molecule has 0 saturated heterocycles. The predicted octanol–water partition coefficient (Wildman–Crippen LogP) is 0.207. The van der Waals surface area contributed by atoms with Crippen LogP contribution in [0, 0.1) is 5.92 Å². The van der Waals surface area contributed by atoms with Gasteiger partial charge in [-0.25, -0.2) is 0 Å². The molecule has 0 saturated carbocycles. The maximum Gasteiger partial charge on any atom is 0.318 e. The van der Waals surface area contributed by atoms with Crippen molar-refractivity contribution in [3.63, 3.8) is 0 Å². The molecule has 0 spiro atoms. The largest absolute Gasteiger partial charge is 0.481 e. The van der Waals surface area contributed by atoms with Gasteiger partial charge in [-0.2, -0.15) is 0 Å². The third-order valence-electron chi connectivity index (χ3n) is 0.750. The zero-order valence-electron chi connectivity index (χ0n) is 4.37. The van der Waals surface area contributed by atoms with E-state index in [2.05, 4.69) is 0 Å². The van der Waals surface area contributed by atoms with E-state index in [1.54, 1.807) is 22.6 Å². The van der Waals surface area contributed by atoms with E-state index in [4.69, 9.17) is 10.2 Å². The third-order valence-corrected chi connectivity index (χ3v) is 1.63. The first-order valence-electron chi connectivity index (χ1n) is 2.11. The van der Waals surface area contributed by atoms with Crippen molar-refractivity contribution < 1.29 is 19.8 Å². The summed E-state index contributed by atoms with van der Waals surface area (Å²) in [5.74, 6) is -3.82. The number of hydrogen-bond donors (Lipinski definition) is 2. The summed E-state index contributed by atoms with van der Waals surface area (Å²) in [6.45, 7) is 0. The molecule has 0 rings (SSSR count). The first kappa shape index (κ1) is 8.67. The molecular weight excluding hydrogens is 239 g/mol. The summed E-state index contributed by atoms with van der Waals surface area (Å²) in [6, 6.07) is 0. The number of carboxylic acids is 2. The molecule has 0 radical (unpaired) electrons. The van der Waals surface area contributed by atoms with Gasteiger partial charge in [-0.1, -0.05) is 22.6 Å². The van der Waals surface area contributed by atoms with Crippen LogP contribution in [0.1, 0.15) is 0 Å². The molecule has 0 bridgehead atoms. The minimum absolute atomic E-state index is 0.0996. The lowest BCUT2D eigenvalue weighted by Crippen LogP contribution is -2.24. The summed E-state index contributed by atoms with van der Waals surface area (Å²) in [6.07, 6.45) is 0. The molecule has 9 heavy (non-hydrogen) atoms. The van der Waals surface area contributed by atoms with Crippen LogP contribution in [0.15, 0.2) is 0 Å². The Morgan fingerprint density at radius 1 is 1.33 bits per heavy atom. The van der Waals surface area contributed by atoms with Crippen molar-refractivity contribution in [1.29, 1.82) is 0 Å². The SMILES string of the molecule is O=C(O)C(CI)C(=O)O. The fourth-order valence-electron chi connectivity index (χ4n) is 0.238. The van der Waals surface area contributed by atoms with Crippen LogP contribution in [0.25, 0.3) is 0 Å². The highest BCUT2D eigenvalue weighted by molar-refractivity contribution is 14.1. The standard InChI is InChI=1S/C4H5IO4/c5-1-2(3(6)7)4(8)9/h2H,1H2,(H,6,7)(H,8,9). The molecule has 0 aliphatic rings. The Balaban J connectivity index is 3.99. The molecule has 0 unspecified atom stereocenters. The molecule has 0 heterocycles. The normalized spacial score (nSPS) is 9.56. The Kier molecular flexibility index (Phi) is 3.52. The van der Waals surface area contributed by atoms with Crippen LogP contribution in [0.2, 0.25) is 0 Å². The minimum atomic E-state index is -1.28. The van der Waals surface area contributed by atoms with Gasteiger partial charge in [0.15, 0.2) is 5.92 Å². The van der Waals surface area contributed by atoms with Crippen LogP contribution in [0.5, 0.6) is 0 Å². The number of alkyl halides is 1. The van der Waals surface area contributed by atoms with Crippen molar-refractivity contribution in [1.82, 2.24) is 0 Å². The first-order chi connectivity index (χ1) is 4.09. The second-order valence-corrected chi connectivity index (χ2v) is 2.26. The lowest BCUT2D eigenvalue weighted by molar-refractivity contribution is -0.153. The van der Waals surface area contributed by atoms with Crippen molar-refractivity contribution in [2.75, 3.05) is 4.43 Å². The monoisotopic (exact) mass is 244 g/mol. The van der Waals surface area contributed by atoms with Crippen molar-refractivity contribution >= 4 is 34.5 Å². The van der Waals surface area contributed by atoms with Crippen LogP contribution in [0.4, 0.5) is 0 Å². The van der Waals surface area contributed by atoms with Crippen molar-refractivity contribution in [2.45, 2.75) is 0 Å². The van der Waals surface area contributed by atoms with Crippen molar-refractivity contribution in [2.24, 2.45) is 5.92 Å². The number of halogens is 1. The Labute approximate surface area is 65.0 Å². The van der Waals surface area contributed by atoms with Gasteiger partial charge in [0, 0.05) is 4.43 Å². The summed E-state index contributed by atoms with van der Waals surface area (Å²) in [5.41, 5.74) is 0. The van der Waals surface area contributed by atoms with E-state index >= 15 is 0 Å². The predicted molar refractivity (Wildman–Crippen MR) is 37.6 cm³/mol. The smallest absolute Gasteiger partial charge is 0.318 e. The number of hydrogen-bond acceptors (Lipinski definition) is 2. The van der Waals surface area contributed by atoms with Crippen LogP contribution in [-0.4, -0.2) is 26.6 Å². The average Bonchev–Trinajstić information content (AvgIpc) is 1.64. The molecule has 0 aromatic heterocycles. The molecule has 4 nitrogen and oxygen atoms in total. The van der Waals surface area contributed by atoms with Crippen LogP contribution in [0.3, 0.4) is 0 Å². The van der Waals surface area contributed by atoms with Crippen LogP contribution >= 0.6 is 22.6 Å². The lowest BCUT2D eigenvalue weighted by Gasteiger charge is -1.99. The topological polar surface area (TPSA) is 74.6 Å². The van der Waals surface area contributed by atoms with Gasteiger partial charge in [-0.05, 0) is 0 Å². The Morgan fingerprint density at radius 3 is 1.67 bits per heavy atom. The number of rotatable bonds is 3. The van der Waals surface area contributed by atoms with Gasteiger partial charge < -0.3 is 10.2 Å². The molecule has 0 atom stereocenters. The summed E-state index contributed by atoms with van der Waals surface area (Å²) < 4.78 is 0.0996. The second kappa shape index (κ2) is 3.65. The molecule has 2 N–H and O–H groups in total. The highest BCUT2D eigenvalue weighted by atomic mass is 127. The molecular formula is C4H5IO4. The molecule has 0 aliphatic heterocycles. The summed E-state index contributed by atoms with van der Waals surface area (Å²) >= 11 is 1.72. The van der Waals surface area contributed by atoms with Gasteiger partial charge >= 0.3 is 11.9 Å².